The highest BCUT2D eigenvalue weighted by Gasteiger charge is 2.57. The molecule has 2 aliphatic heterocycles. The number of amides is 3. The number of hydrogen-bond acceptors (Lipinski definition) is 4. The summed E-state index contributed by atoms with van der Waals surface area (Å²) in [6, 6.07) is 9.43. The first-order valence-corrected chi connectivity index (χ1v) is 12.6. The van der Waals surface area contributed by atoms with Crippen LogP contribution >= 0.6 is 11.8 Å². The Labute approximate surface area is 186 Å². The number of nitrogens with zero attached hydrogens (tertiary/aromatic N) is 1. The number of fused-ring (bicyclic) bond motifs is 1. The fraction of sp³-hybridized carbons (Fsp3) is 0.625. The summed E-state index contributed by atoms with van der Waals surface area (Å²) < 4.78 is 0. The number of hydrazine groups is 1. The van der Waals surface area contributed by atoms with E-state index in [2.05, 4.69) is 10.9 Å². The van der Waals surface area contributed by atoms with Gasteiger partial charge in [-0.3, -0.25) is 25.2 Å². The first kappa shape index (κ1) is 19.6. The lowest BCUT2D eigenvalue weighted by Crippen LogP contribution is -2.59. The summed E-state index contributed by atoms with van der Waals surface area (Å²) in [5.41, 5.74) is 6.25. The molecule has 2 heterocycles. The van der Waals surface area contributed by atoms with E-state index in [1.165, 1.54) is 19.3 Å². The zero-order chi connectivity index (χ0) is 21.2. The van der Waals surface area contributed by atoms with Crippen LogP contribution in [0.15, 0.2) is 30.3 Å². The van der Waals surface area contributed by atoms with Gasteiger partial charge in [0.2, 0.25) is 11.8 Å². The van der Waals surface area contributed by atoms with Gasteiger partial charge in [-0.25, -0.2) is 0 Å². The van der Waals surface area contributed by atoms with Gasteiger partial charge in [-0.05, 0) is 68.3 Å². The number of benzene rings is 1. The van der Waals surface area contributed by atoms with Crippen molar-refractivity contribution in [3.05, 3.63) is 35.9 Å². The molecule has 0 unspecified atom stereocenters. The van der Waals surface area contributed by atoms with Crippen LogP contribution in [-0.4, -0.2) is 34.4 Å². The predicted octanol–water partition coefficient (Wildman–Crippen LogP) is 2.94. The fourth-order valence-corrected chi connectivity index (χ4v) is 9.21. The minimum Gasteiger partial charge on any atom is -0.311 e. The van der Waals surface area contributed by atoms with Crippen molar-refractivity contribution in [2.75, 3.05) is 5.75 Å². The van der Waals surface area contributed by atoms with Crippen LogP contribution < -0.4 is 10.9 Å². The summed E-state index contributed by atoms with van der Waals surface area (Å²) in [4.78, 5) is 40.3. The number of rotatable bonds is 3. The molecule has 6 aliphatic rings. The molecule has 7 rings (SSSR count). The third-order valence-corrected chi connectivity index (χ3v) is 10.1. The van der Waals surface area contributed by atoms with Crippen molar-refractivity contribution in [1.82, 2.24) is 15.8 Å². The van der Waals surface area contributed by atoms with Gasteiger partial charge >= 0.3 is 0 Å². The van der Waals surface area contributed by atoms with Crippen LogP contribution in [0.1, 0.15) is 56.9 Å². The molecular formula is C24H29N3O3S. The fourth-order valence-electron chi connectivity index (χ4n) is 7.56. The monoisotopic (exact) mass is 439 g/mol. The Balaban J connectivity index is 1.16. The lowest BCUT2D eigenvalue weighted by atomic mass is 9.49. The van der Waals surface area contributed by atoms with Crippen molar-refractivity contribution in [2.24, 2.45) is 23.2 Å². The summed E-state index contributed by atoms with van der Waals surface area (Å²) in [7, 11) is 0. The molecular weight excluding hydrogens is 410 g/mol. The van der Waals surface area contributed by atoms with Gasteiger partial charge in [0.1, 0.15) is 10.9 Å². The number of thioether (sulfide) groups is 1. The third kappa shape index (κ3) is 2.95. The summed E-state index contributed by atoms with van der Waals surface area (Å²) in [5, 5.41) is 0. The molecule has 31 heavy (non-hydrogen) atoms. The van der Waals surface area contributed by atoms with E-state index in [9.17, 15) is 14.4 Å². The Kier molecular flexibility index (Phi) is 4.43. The average Bonchev–Trinajstić information content (AvgIpc) is 3.31. The van der Waals surface area contributed by atoms with Gasteiger partial charge in [-0.1, -0.05) is 30.3 Å². The van der Waals surface area contributed by atoms with Crippen LogP contribution in [0.25, 0.3) is 0 Å². The van der Waals surface area contributed by atoms with Gasteiger partial charge in [0.25, 0.3) is 5.91 Å². The maximum atomic E-state index is 13.2. The Bertz CT molecular complexity index is 900. The Morgan fingerprint density at radius 2 is 1.61 bits per heavy atom. The third-order valence-electron chi connectivity index (χ3n) is 8.47. The van der Waals surface area contributed by atoms with E-state index in [0.29, 0.717) is 36.3 Å². The molecule has 4 aliphatic carbocycles. The second kappa shape index (κ2) is 6.99. The number of nitrogens with one attached hydrogen (secondary N) is 2. The molecule has 0 aromatic heterocycles. The van der Waals surface area contributed by atoms with Gasteiger partial charge in [0, 0.05) is 12.2 Å². The number of carbonyl (C=O) groups is 3. The molecule has 6 nitrogen and oxygen atoms in total. The predicted molar refractivity (Wildman–Crippen MR) is 117 cm³/mol. The highest BCUT2D eigenvalue weighted by Crippen LogP contribution is 2.60. The Morgan fingerprint density at radius 1 is 0.968 bits per heavy atom. The second-order valence-corrected chi connectivity index (χ2v) is 11.7. The van der Waals surface area contributed by atoms with Crippen molar-refractivity contribution < 1.29 is 14.4 Å². The molecule has 0 radical (unpaired) electrons. The SMILES string of the molecule is O=C(NNC(=O)C12CC3CC(CC(C3)C1)C2)[C@H]1CS[C@@]2(c3ccccc3)CCC(=O)N12. The zero-order valence-corrected chi connectivity index (χ0v) is 18.5. The van der Waals surface area contributed by atoms with E-state index in [4.69, 9.17) is 0 Å². The molecule has 164 valence electrons. The molecule has 7 heteroatoms. The summed E-state index contributed by atoms with van der Waals surface area (Å²) in [6.45, 7) is 0. The van der Waals surface area contributed by atoms with E-state index in [1.807, 2.05) is 30.3 Å². The molecule has 4 saturated carbocycles. The van der Waals surface area contributed by atoms with E-state index in [0.717, 1.165) is 24.8 Å². The van der Waals surface area contributed by atoms with Crippen molar-refractivity contribution in [3.8, 4) is 0 Å². The van der Waals surface area contributed by atoms with Gasteiger partial charge in [0.15, 0.2) is 0 Å². The van der Waals surface area contributed by atoms with Crippen molar-refractivity contribution in [1.29, 1.82) is 0 Å². The van der Waals surface area contributed by atoms with Crippen molar-refractivity contribution >= 4 is 29.5 Å². The Morgan fingerprint density at radius 3 is 2.26 bits per heavy atom. The molecule has 1 aromatic rings. The molecule has 2 saturated heterocycles. The first-order valence-electron chi connectivity index (χ1n) is 11.6. The van der Waals surface area contributed by atoms with Crippen LogP contribution in [0.5, 0.6) is 0 Å². The van der Waals surface area contributed by atoms with Gasteiger partial charge in [0.05, 0.1) is 5.41 Å². The largest absolute Gasteiger partial charge is 0.311 e. The molecule has 3 amide bonds. The standard InChI is InChI=1S/C24H29N3O3S/c28-20-6-7-24(18-4-2-1-3-5-18)27(20)19(14-31-24)21(29)25-26-22(30)23-11-15-8-16(12-23)10-17(9-15)13-23/h1-5,15-17,19H,6-14H2,(H,25,29)(H,26,30)/t15?,16?,17?,19-,23?,24-/m1/s1. The Hall–Kier alpha value is -2.02. The molecule has 2 atom stereocenters. The first-order chi connectivity index (χ1) is 15.0. The molecule has 0 spiro atoms. The van der Waals surface area contributed by atoms with E-state index in [-0.39, 0.29) is 23.1 Å². The normalized spacial score (nSPS) is 40.1. The summed E-state index contributed by atoms with van der Waals surface area (Å²) >= 11 is 1.67. The lowest BCUT2D eigenvalue weighted by molar-refractivity contribution is -0.149. The van der Waals surface area contributed by atoms with Crippen molar-refractivity contribution in [2.45, 2.75) is 62.3 Å². The van der Waals surface area contributed by atoms with Gasteiger partial charge in [-0.15, -0.1) is 11.8 Å². The molecule has 2 N–H and O–H groups in total. The topological polar surface area (TPSA) is 78.5 Å². The maximum Gasteiger partial charge on any atom is 0.262 e. The van der Waals surface area contributed by atoms with E-state index in [1.54, 1.807) is 16.7 Å². The van der Waals surface area contributed by atoms with Crippen LogP contribution in [0.4, 0.5) is 0 Å². The minimum atomic E-state index is -0.558. The van der Waals surface area contributed by atoms with Gasteiger partial charge in [-0.2, -0.15) is 0 Å². The van der Waals surface area contributed by atoms with Crippen molar-refractivity contribution in [3.63, 3.8) is 0 Å². The molecule has 6 fully saturated rings. The van der Waals surface area contributed by atoms with E-state index >= 15 is 0 Å². The summed E-state index contributed by atoms with van der Waals surface area (Å²) in [6.07, 6.45) is 7.87. The highest BCUT2D eigenvalue weighted by molar-refractivity contribution is 8.00. The molecule has 4 bridgehead atoms. The minimum absolute atomic E-state index is 0.0152. The van der Waals surface area contributed by atoms with Crippen LogP contribution in [0.2, 0.25) is 0 Å². The molecule has 1 aromatic carbocycles. The zero-order valence-electron chi connectivity index (χ0n) is 17.6. The van der Waals surface area contributed by atoms with E-state index < -0.39 is 10.9 Å². The highest BCUT2D eigenvalue weighted by atomic mass is 32.2. The quantitative estimate of drug-likeness (QED) is 0.710. The van der Waals surface area contributed by atoms with Crippen LogP contribution in [0, 0.1) is 23.2 Å². The van der Waals surface area contributed by atoms with Crippen LogP contribution in [0.3, 0.4) is 0 Å². The summed E-state index contributed by atoms with van der Waals surface area (Å²) in [5.74, 6) is 2.28. The number of carbonyl (C=O) groups excluding carboxylic acids is 3. The van der Waals surface area contributed by atoms with Gasteiger partial charge < -0.3 is 4.90 Å². The van der Waals surface area contributed by atoms with Crippen LogP contribution in [-0.2, 0) is 19.3 Å². The maximum absolute atomic E-state index is 13.2. The second-order valence-electron chi connectivity index (χ2n) is 10.4. The smallest absolute Gasteiger partial charge is 0.262 e. The lowest BCUT2D eigenvalue weighted by Gasteiger charge is -2.55. The number of hydrogen-bond donors (Lipinski definition) is 2. The average molecular weight is 440 g/mol.